The molecule has 18 heavy (non-hydrogen) atoms. The Labute approximate surface area is 107 Å². The van der Waals surface area contributed by atoms with Crippen LogP contribution < -0.4 is 10.2 Å². The van der Waals surface area contributed by atoms with Gasteiger partial charge in [0.05, 0.1) is 6.54 Å². The third kappa shape index (κ3) is 3.24. The van der Waals surface area contributed by atoms with Crippen LogP contribution in [0.25, 0.3) is 0 Å². The summed E-state index contributed by atoms with van der Waals surface area (Å²) in [5, 5.41) is 10.4. The number of anilines is 2. The maximum absolute atomic E-state index is 12.8. The Morgan fingerprint density at radius 3 is 2.78 bits per heavy atom. The van der Waals surface area contributed by atoms with Crippen LogP contribution in [-0.2, 0) is 4.79 Å². The van der Waals surface area contributed by atoms with Crippen molar-refractivity contribution in [2.24, 2.45) is 0 Å². The van der Waals surface area contributed by atoms with E-state index in [0.717, 1.165) is 5.69 Å². The number of hydrogen-bond donors (Lipinski definition) is 1. The highest BCUT2D eigenvalue weighted by Gasteiger charge is 2.09. The lowest BCUT2D eigenvalue weighted by molar-refractivity contribution is -0.114. The van der Waals surface area contributed by atoms with E-state index >= 15 is 0 Å². The number of nitrogens with zero attached hydrogens (tertiary/aromatic N) is 3. The number of likely N-dealkylation sites (N-methyl/N-ethyl adjacent to an activating group) is 1. The lowest BCUT2D eigenvalue weighted by Crippen LogP contribution is -2.30. The SMILES string of the molecule is CN(CC(=O)Nc1nncs1)c1ccc(F)cc1. The molecular weight excluding hydrogens is 255 g/mol. The lowest BCUT2D eigenvalue weighted by atomic mass is 10.3. The molecular formula is C11H11FN4OS. The first kappa shape index (κ1) is 12.4. The van der Waals surface area contributed by atoms with Crippen molar-refractivity contribution in [1.29, 1.82) is 0 Å². The van der Waals surface area contributed by atoms with Crippen LogP contribution in [0, 0.1) is 5.82 Å². The average Bonchev–Trinajstić information content (AvgIpc) is 2.82. The van der Waals surface area contributed by atoms with Gasteiger partial charge in [-0.05, 0) is 24.3 Å². The van der Waals surface area contributed by atoms with Crippen LogP contribution in [0.1, 0.15) is 0 Å². The van der Waals surface area contributed by atoms with Crippen molar-refractivity contribution in [1.82, 2.24) is 10.2 Å². The molecule has 0 fully saturated rings. The average molecular weight is 266 g/mol. The fourth-order valence-corrected chi connectivity index (χ4v) is 1.85. The van der Waals surface area contributed by atoms with E-state index in [9.17, 15) is 9.18 Å². The molecule has 2 aromatic rings. The second-order valence-electron chi connectivity index (χ2n) is 3.62. The number of rotatable bonds is 4. The molecule has 7 heteroatoms. The van der Waals surface area contributed by atoms with E-state index in [0.29, 0.717) is 5.13 Å². The van der Waals surface area contributed by atoms with E-state index in [1.165, 1.54) is 23.5 Å². The van der Waals surface area contributed by atoms with E-state index in [4.69, 9.17) is 0 Å². The van der Waals surface area contributed by atoms with Gasteiger partial charge in [0, 0.05) is 12.7 Å². The molecule has 1 aromatic heterocycles. The topological polar surface area (TPSA) is 58.1 Å². The Hall–Kier alpha value is -2.02. The van der Waals surface area contributed by atoms with Gasteiger partial charge in [-0.25, -0.2) is 4.39 Å². The van der Waals surface area contributed by atoms with Crippen LogP contribution in [0.3, 0.4) is 0 Å². The van der Waals surface area contributed by atoms with Gasteiger partial charge in [-0.2, -0.15) is 0 Å². The van der Waals surface area contributed by atoms with Gasteiger partial charge in [-0.1, -0.05) is 11.3 Å². The van der Waals surface area contributed by atoms with Gasteiger partial charge in [0.15, 0.2) is 0 Å². The van der Waals surface area contributed by atoms with Crippen LogP contribution in [0.4, 0.5) is 15.2 Å². The van der Waals surface area contributed by atoms with Gasteiger partial charge < -0.3 is 4.90 Å². The molecule has 0 atom stereocenters. The van der Waals surface area contributed by atoms with Gasteiger partial charge >= 0.3 is 0 Å². The van der Waals surface area contributed by atoms with E-state index in [-0.39, 0.29) is 18.3 Å². The zero-order chi connectivity index (χ0) is 13.0. The molecule has 1 N–H and O–H groups in total. The molecule has 1 heterocycles. The van der Waals surface area contributed by atoms with E-state index in [1.807, 2.05) is 0 Å². The Bertz CT molecular complexity index is 514. The van der Waals surface area contributed by atoms with Crippen molar-refractivity contribution in [2.75, 3.05) is 23.8 Å². The van der Waals surface area contributed by atoms with Crippen molar-refractivity contribution in [3.63, 3.8) is 0 Å². The van der Waals surface area contributed by atoms with Crippen molar-refractivity contribution in [2.45, 2.75) is 0 Å². The van der Waals surface area contributed by atoms with Gasteiger partial charge in [-0.15, -0.1) is 10.2 Å². The molecule has 0 spiro atoms. The molecule has 5 nitrogen and oxygen atoms in total. The number of aromatic nitrogens is 2. The Kier molecular flexibility index (Phi) is 3.83. The summed E-state index contributed by atoms with van der Waals surface area (Å²) in [6.45, 7) is 0.158. The Morgan fingerprint density at radius 2 is 2.17 bits per heavy atom. The summed E-state index contributed by atoms with van der Waals surface area (Å²) in [6.07, 6.45) is 0. The second-order valence-corrected chi connectivity index (χ2v) is 4.46. The number of benzene rings is 1. The minimum Gasteiger partial charge on any atom is -0.365 e. The highest BCUT2D eigenvalue weighted by molar-refractivity contribution is 7.13. The zero-order valence-electron chi connectivity index (χ0n) is 9.63. The number of halogens is 1. The molecule has 0 bridgehead atoms. The minimum absolute atomic E-state index is 0.158. The third-order valence-electron chi connectivity index (χ3n) is 2.25. The number of carbonyl (C=O) groups excluding carboxylic acids is 1. The Balaban J connectivity index is 1.92. The van der Waals surface area contributed by atoms with Gasteiger partial charge in [0.1, 0.15) is 11.3 Å². The van der Waals surface area contributed by atoms with Gasteiger partial charge in [0.25, 0.3) is 0 Å². The standard InChI is InChI=1S/C11H11FN4OS/c1-16(9-4-2-8(12)3-5-9)6-10(17)14-11-15-13-7-18-11/h2-5,7H,6H2,1H3,(H,14,15,17). The summed E-state index contributed by atoms with van der Waals surface area (Å²) < 4.78 is 12.8. The summed E-state index contributed by atoms with van der Waals surface area (Å²) in [6, 6.07) is 5.95. The molecule has 0 saturated carbocycles. The van der Waals surface area contributed by atoms with Crippen LogP contribution in [0.15, 0.2) is 29.8 Å². The van der Waals surface area contributed by atoms with Crippen LogP contribution in [-0.4, -0.2) is 29.7 Å². The maximum Gasteiger partial charge on any atom is 0.245 e. The van der Waals surface area contributed by atoms with Gasteiger partial charge in [0.2, 0.25) is 11.0 Å². The number of nitrogens with one attached hydrogen (secondary N) is 1. The van der Waals surface area contributed by atoms with Crippen molar-refractivity contribution < 1.29 is 9.18 Å². The monoisotopic (exact) mass is 266 g/mol. The van der Waals surface area contributed by atoms with E-state index < -0.39 is 0 Å². The quantitative estimate of drug-likeness (QED) is 0.916. The molecule has 0 radical (unpaired) electrons. The van der Waals surface area contributed by atoms with E-state index in [2.05, 4.69) is 15.5 Å². The first-order valence-corrected chi connectivity index (χ1v) is 6.06. The largest absolute Gasteiger partial charge is 0.365 e. The van der Waals surface area contributed by atoms with Crippen LogP contribution in [0.5, 0.6) is 0 Å². The van der Waals surface area contributed by atoms with Crippen molar-refractivity contribution in [3.05, 3.63) is 35.6 Å². The molecule has 1 aromatic carbocycles. The molecule has 0 aliphatic rings. The highest BCUT2D eigenvalue weighted by Crippen LogP contribution is 2.13. The molecule has 2 rings (SSSR count). The summed E-state index contributed by atoms with van der Waals surface area (Å²) in [4.78, 5) is 13.4. The summed E-state index contributed by atoms with van der Waals surface area (Å²) >= 11 is 1.25. The number of amides is 1. The zero-order valence-corrected chi connectivity index (χ0v) is 10.4. The summed E-state index contributed by atoms with van der Waals surface area (Å²) in [5.74, 6) is -0.496. The molecule has 0 saturated heterocycles. The van der Waals surface area contributed by atoms with E-state index in [1.54, 1.807) is 29.6 Å². The minimum atomic E-state index is -0.300. The predicted molar refractivity (Wildman–Crippen MR) is 68.2 cm³/mol. The fourth-order valence-electron chi connectivity index (χ4n) is 1.39. The summed E-state index contributed by atoms with van der Waals surface area (Å²) in [5.41, 5.74) is 2.31. The molecule has 1 amide bonds. The summed E-state index contributed by atoms with van der Waals surface area (Å²) in [7, 11) is 1.76. The maximum atomic E-state index is 12.8. The molecule has 0 aliphatic carbocycles. The van der Waals surface area contributed by atoms with Crippen molar-refractivity contribution in [3.8, 4) is 0 Å². The lowest BCUT2D eigenvalue weighted by Gasteiger charge is -2.18. The Morgan fingerprint density at radius 1 is 1.44 bits per heavy atom. The van der Waals surface area contributed by atoms with Crippen LogP contribution in [0.2, 0.25) is 0 Å². The first-order chi connectivity index (χ1) is 8.65. The third-order valence-corrected chi connectivity index (χ3v) is 2.86. The fraction of sp³-hybridized carbons (Fsp3) is 0.182. The predicted octanol–water partition coefficient (Wildman–Crippen LogP) is 1.75. The smallest absolute Gasteiger partial charge is 0.245 e. The molecule has 0 aliphatic heterocycles. The second kappa shape index (κ2) is 5.54. The van der Waals surface area contributed by atoms with Gasteiger partial charge in [-0.3, -0.25) is 10.1 Å². The van der Waals surface area contributed by atoms with Crippen LogP contribution >= 0.6 is 11.3 Å². The molecule has 94 valence electrons. The highest BCUT2D eigenvalue weighted by atomic mass is 32.1. The van der Waals surface area contributed by atoms with Crippen molar-refractivity contribution >= 4 is 28.1 Å². The normalized spacial score (nSPS) is 10.1. The molecule has 0 unspecified atom stereocenters. The number of carbonyl (C=O) groups is 1. The number of hydrogen-bond acceptors (Lipinski definition) is 5. The first-order valence-electron chi connectivity index (χ1n) is 5.18.